The Morgan fingerprint density at radius 2 is 1.84 bits per heavy atom. The minimum absolute atomic E-state index is 0.617. The zero-order chi connectivity index (χ0) is 21.9. The van der Waals surface area contributed by atoms with Gasteiger partial charge in [0.15, 0.2) is 0 Å². The third kappa shape index (κ3) is 4.60. The summed E-state index contributed by atoms with van der Waals surface area (Å²) in [5.74, 6) is 0. The molecule has 0 aliphatic carbocycles. The number of hydrogen-bond acceptors (Lipinski definition) is 5. The first-order valence-corrected chi connectivity index (χ1v) is 11.7. The van der Waals surface area contributed by atoms with Gasteiger partial charge in [-0.2, -0.15) is 5.10 Å². The number of aromatic nitrogens is 5. The van der Waals surface area contributed by atoms with Gasteiger partial charge >= 0.3 is 0 Å². The maximum absolute atomic E-state index is 6.38. The van der Waals surface area contributed by atoms with Gasteiger partial charge in [-0.05, 0) is 56.1 Å². The molecule has 0 unspecified atom stereocenters. The van der Waals surface area contributed by atoms with E-state index < -0.39 is 0 Å². The maximum Gasteiger partial charge on any atom is 0.0831 e. The Morgan fingerprint density at radius 3 is 2.72 bits per heavy atom. The molecule has 1 aromatic carbocycles. The molecule has 1 saturated heterocycles. The van der Waals surface area contributed by atoms with Gasteiger partial charge in [-0.25, -0.2) is 9.20 Å². The molecule has 0 saturated carbocycles. The van der Waals surface area contributed by atoms with E-state index >= 15 is 0 Å². The summed E-state index contributed by atoms with van der Waals surface area (Å²) < 4.78 is 3.67. The average molecular weight is 470 g/mol. The second-order valence-electron chi connectivity index (χ2n) is 8.10. The van der Waals surface area contributed by atoms with Gasteiger partial charge in [0.1, 0.15) is 0 Å². The Kier molecular flexibility index (Phi) is 6.30. The average Bonchev–Trinajstić information content (AvgIpc) is 3.48. The molecule has 1 fully saturated rings. The van der Waals surface area contributed by atoms with Crippen LogP contribution in [0.25, 0.3) is 11.2 Å². The van der Waals surface area contributed by atoms with Crippen molar-refractivity contribution in [3.63, 3.8) is 0 Å². The van der Waals surface area contributed by atoms with Crippen LogP contribution in [0, 0.1) is 0 Å². The van der Waals surface area contributed by atoms with Crippen molar-refractivity contribution in [2.24, 2.45) is 0 Å². The van der Waals surface area contributed by atoms with E-state index in [1.807, 2.05) is 51.9 Å². The minimum atomic E-state index is 0.617. The quantitative estimate of drug-likeness (QED) is 0.376. The van der Waals surface area contributed by atoms with Crippen molar-refractivity contribution in [1.29, 1.82) is 0 Å². The number of piperazine rings is 1. The fraction of sp³-hybridized carbons (Fsp3) is 0.348. The van der Waals surface area contributed by atoms with E-state index in [1.54, 1.807) is 6.20 Å². The predicted octanol–water partition coefficient (Wildman–Crippen LogP) is 4.37. The van der Waals surface area contributed by atoms with Crippen LogP contribution in [0.2, 0.25) is 10.0 Å². The normalized spacial score (nSPS) is 15.0. The lowest BCUT2D eigenvalue weighted by atomic mass is 10.2. The van der Waals surface area contributed by atoms with Gasteiger partial charge in [0, 0.05) is 38.6 Å². The zero-order valence-corrected chi connectivity index (χ0v) is 19.3. The Hall–Kier alpha value is -2.61. The number of halogens is 2. The summed E-state index contributed by atoms with van der Waals surface area (Å²) in [6, 6.07) is 11.9. The van der Waals surface area contributed by atoms with Crippen LogP contribution in [0.4, 0.5) is 5.69 Å². The fourth-order valence-electron chi connectivity index (χ4n) is 4.18. The van der Waals surface area contributed by atoms with E-state index in [9.17, 15) is 0 Å². The van der Waals surface area contributed by atoms with Crippen molar-refractivity contribution >= 4 is 34.4 Å². The van der Waals surface area contributed by atoms with E-state index in [2.05, 4.69) is 31.3 Å². The summed E-state index contributed by atoms with van der Waals surface area (Å²) in [6.45, 7) is 5.11. The molecule has 0 atom stereocenters. The van der Waals surface area contributed by atoms with Crippen LogP contribution in [-0.4, -0.2) is 62.2 Å². The molecule has 4 heterocycles. The Bertz CT molecular complexity index is 1190. The van der Waals surface area contributed by atoms with Gasteiger partial charge in [-0.3, -0.25) is 4.90 Å². The molecule has 0 amide bonds. The highest BCUT2D eigenvalue weighted by atomic mass is 35.5. The fourth-order valence-corrected chi connectivity index (χ4v) is 4.60. The molecule has 1 aliphatic rings. The van der Waals surface area contributed by atoms with Gasteiger partial charge in [0.25, 0.3) is 0 Å². The largest absolute Gasteiger partial charge is 0.368 e. The van der Waals surface area contributed by atoms with Crippen LogP contribution < -0.4 is 4.90 Å². The number of pyridine rings is 1. The molecule has 0 bridgehead atoms. The zero-order valence-electron chi connectivity index (χ0n) is 17.7. The summed E-state index contributed by atoms with van der Waals surface area (Å²) in [5.41, 5.74) is 4.10. The van der Waals surface area contributed by atoms with Crippen LogP contribution in [0.1, 0.15) is 18.5 Å². The number of unbranched alkanes of at least 4 members (excludes halogenated alkanes) is 1. The van der Waals surface area contributed by atoms with Gasteiger partial charge in [-0.15, -0.1) is 5.10 Å². The van der Waals surface area contributed by atoms with Crippen LogP contribution in [-0.2, 0) is 6.42 Å². The molecule has 166 valence electrons. The van der Waals surface area contributed by atoms with Crippen LogP contribution in [0.5, 0.6) is 0 Å². The summed E-state index contributed by atoms with van der Waals surface area (Å²) in [7, 11) is 0. The monoisotopic (exact) mass is 469 g/mol. The van der Waals surface area contributed by atoms with Crippen molar-refractivity contribution in [3.05, 3.63) is 70.7 Å². The third-order valence-corrected chi connectivity index (χ3v) is 6.80. The number of benzene rings is 1. The van der Waals surface area contributed by atoms with Crippen molar-refractivity contribution in [1.82, 2.24) is 29.5 Å². The Balaban J connectivity index is 1.07. The number of hydrogen-bond donors (Lipinski definition) is 0. The van der Waals surface area contributed by atoms with Crippen molar-refractivity contribution in [2.45, 2.75) is 19.3 Å². The first kappa shape index (κ1) is 21.2. The second-order valence-corrected chi connectivity index (χ2v) is 8.88. The number of aryl methyl sites for hydroxylation is 1. The second kappa shape index (κ2) is 9.48. The van der Waals surface area contributed by atoms with Gasteiger partial charge in [0.05, 0.1) is 38.8 Å². The van der Waals surface area contributed by atoms with Crippen molar-refractivity contribution < 1.29 is 0 Å². The summed E-state index contributed by atoms with van der Waals surface area (Å²) in [6.07, 6.45) is 8.93. The van der Waals surface area contributed by atoms with Crippen LogP contribution >= 0.6 is 23.2 Å². The molecule has 7 nitrogen and oxygen atoms in total. The van der Waals surface area contributed by atoms with Gasteiger partial charge in [-0.1, -0.05) is 34.5 Å². The van der Waals surface area contributed by atoms with Crippen molar-refractivity contribution in [2.75, 3.05) is 37.6 Å². The third-order valence-electron chi connectivity index (χ3n) is 5.99. The maximum atomic E-state index is 6.38. The molecule has 5 rings (SSSR count). The molecular formula is C23H25Cl2N7. The van der Waals surface area contributed by atoms with E-state index in [0.29, 0.717) is 10.0 Å². The molecule has 0 radical (unpaired) electrons. The summed E-state index contributed by atoms with van der Waals surface area (Å²) in [5, 5.41) is 14.1. The number of anilines is 1. The Morgan fingerprint density at radius 1 is 0.969 bits per heavy atom. The predicted molar refractivity (Wildman–Crippen MR) is 128 cm³/mol. The lowest BCUT2D eigenvalue weighted by molar-refractivity contribution is 0.253. The molecule has 1 aliphatic heterocycles. The lowest BCUT2D eigenvalue weighted by Gasteiger charge is -2.36. The first-order valence-electron chi connectivity index (χ1n) is 10.9. The van der Waals surface area contributed by atoms with Crippen LogP contribution in [0.3, 0.4) is 0 Å². The number of fused-ring (bicyclic) bond motifs is 1. The molecule has 32 heavy (non-hydrogen) atoms. The highest BCUT2D eigenvalue weighted by Crippen LogP contribution is 2.32. The molecule has 0 N–H and O–H groups in total. The SMILES string of the molecule is Clc1cccc(N2CCN(CCCCc3cn(-c4ccn5nccc5c4)nn3)CC2)c1Cl. The molecule has 0 spiro atoms. The minimum Gasteiger partial charge on any atom is -0.368 e. The molecule has 9 heteroatoms. The van der Waals surface area contributed by atoms with E-state index in [0.717, 1.165) is 74.6 Å². The number of rotatable bonds is 7. The lowest BCUT2D eigenvalue weighted by Crippen LogP contribution is -2.46. The summed E-state index contributed by atoms with van der Waals surface area (Å²) >= 11 is 12.5. The first-order chi connectivity index (χ1) is 15.7. The standard InChI is InChI=1S/C23H25Cl2N7/c24-21-5-3-6-22(23(21)25)30-14-12-29(13-15-30)10-2-1-4-18-17-32(28-27-18)20-8-11-31-19(16-20)7-9-26-31/h3,5-9,11,16-17H,1-2,4,10,12-15H2. The van der Waals surface area contributed by atoms with Crippen LogP contribution in [0.15, 0.2) is 55.0 Å². The van der Waals surface area contributed by atoms with E-state index in [1.165, 1.54) is 0 Å². The molecule has 3 aromatic heterocycles. The van der Waals surface area contributed by atoms with Crippen molar-refractivity contribution in [3.8, 4) is 5.69 Å². The smallest absolute Gasteiger partial charge is 0.0831 e. The summed E-state index contributed by atoms with van der Waals surface area (Å²) in [4.78, 5) is 4.84. The Labute approximate surface area is 197 Å². The molecular weight excluding hydrogens is 445 g/mol. The van der Waals surface area contributed by atoms with Gasteiger partial charge < -0.3 is 4.90 Å². The topological polar surface area (TPSA) is 54.5 Å². The van der Waals surface area contributed by atoms with E-state index in [4.69, 9.17) is 23.2 Å². The van der Waals surface area contributed by atoms with E-state index in [-0.39, 0.29) is 0 Å². The molecule has 4 aromatic rings. The highest BCUT2D eigenvalue weighted by Gasteiger charge is 2.19. The highest BCUT2D eigenvalue weighted by molar-refractivity contribution is 6.43. The van der Waals surface area contributed by atoms with Gasteiger partial charge in [0.2, 0.25) is 0 Å². The number of nitrogens with zero attached hydrogens (tertiary/aromatic N) is 7.